The summed E-state index contributed by atoms with van der Waals surface area (Å²) in [5.74, 6) is 0.182. The minimum Gasteiger partial charge on any atom is -0.369 e. The molecular weight excluding hydrogens is 164 g/mol. The van der Waals surface area contributed by atoms with Crippen LogP contribution in [0.25, 0.3) is 0 Å². The maximum atomic E-state index is 11.4. The molecule has 0 radical (unpaired) electrons. The lowest BCUT2D eigenvalue weighted by Gasteiger charge is -2.13. The molecule has 0 saturated carbocycles. The molecule has 0 atom stereocenters. The standard InChI is InChI=1S/C10H16N2O/c1-8-5-4-6-9(13)10(8)11-7-12(2)3/h7H,4-6H2,1-3H3. The van der Waals surface area contributed by atoms with Crippen LogP contribution in [-0.4, -0.2) is 31.1 Å². The molecular formula is C10H16N2O. The maximum Gasteiger partial charge on any atom is 0.181 e. The van der Waals surface area contributed by atoms with E-state index in [0.717, 1.165) is 18.4 Å². The van der Waals surface area contributed by atoms with Crippen molar-refractivity contribution in [3.05, 3.63) is 11.3 Å². The highest BCUT2D eigenvalue weighted by Crippen LogP contribution is 2.21. The largest absolute Gasteiger partial charge is 0.369 e. The molecule has 13 heavy (non-hydrogen) atoms. The first-order valence-corrected chi connectivity index (χ1v) is 4.55. The Morgan fingerprint density at radius 2 is 2.08 bits per heavy atom. The summed E-state index contributed by atoms with van der Waals surface area (Å²) >= 11 is 0. The Kier molecular flexibility index (Phi) is 3.23. The summed E-state index contributed by atoms with van der Waals surface area (Å²) in [5, 5.41) is 0. The van der Waals surface area contributed by atoms with E-state index in [4.69, 9.17) is 0 Å². The zero-order valence-corrected chi connectivity index (χ0v) is 8.50. The Labute approximate surface area is 79.1 Å². The van der Waals surface area contributed by atoms with Crippen molar-refractivity contribution >= 4 is 12.1 Å². The summed E-state index contributed by atoms with van der Waals surface area (Å²) in [7, 11) is 3.79. The van der Waals surface area contributed by atoms with Gasteiger partial charge in [0.05, 0.1) is 6.34 Å². The molecule has 72 valence electrons. The van der Waals surface area contributed by atoms with Gasteiger partial charge in [0.2, 0.25) is 0 Å². The van der Waals surface area contributed by atoms with E-state index in [1.54, 1.807) is 6.34 Å². The lowest BCUT2D eigenvalue weighted by atomic mass is 9.97. The number of Topliss-reactive ketones (excluding diaryl/α,β-unsaturated/α-hetero) is 1. The lowest BCUT2D eigenvalue weighted by Crippen LogP contribution is -2.12. The van der Waals surface area contributed by atoms with Crippen LogP contribution in [0.5, 0.6) is 0 Å². The van der Waals surface area contributed by atoms with E-state index >= 15 is 0 Å². The normalized spacial score (nSPS) is 18.5. The molecule has 0 heterocycles. The molecule has 0 unspecified atom stereocenters. The van der Waals surface area contributed by atoms with Crippen molar-refractivity contribution in [2.45, 2.75) is 26.2 Å². The summed E-state index contributed by atoms with van der Waals surface area (Å²) in [4.78, 5) is 17.4. The van der Waals surface area contributed by atoms with Gasteiger partial charge in [0.1, 0.15) is 5.70 Å². The quantitative estimate of drug-likeness (QED) is 0.477. The van der Waals surface area contributed by atoms with Crippen molar-refractivity contribution in [3.8, 4) is 0 Å². The van der Waals surface area contributed by atoms with Crippen LogP contribution in [0.1, 0.15) is 26.2 Å². The van der Waals surface area contributed by atoms with Gasteiger partial charge in [-0.3, -0.25) is 4.79 Å². The number of hydrogen-bond acceptors (Lipinski definition) is 2. The third kappa shape index (κ3) is 2.68. The summed E-state index contributed by atoms with van der Waals surface area (Å²) in [6, 6.07) is 0. The van der Waals surface area contributed by atoms with Gasteiger partial charge < -0.3 is 4.90 Å². The molecule has 1 aliphatic carbocycles. The minimum atomic E-state index is 0.182. The summed E-state index contributed by atoms with van der Waals surface area (Å²) < 4.78 is 0. The third-order valence-electron chi connectivity index (χ3n) is 2.04. The number of ketones is 1. The highest BCUT2D eigenvalue weighted by atomic mass is 16.1. The average Bonchev–Trinajstić information content (AvgIpc) is 2.03. The van der Waals surface area contributed by atoms with E-state index in [9.17, 15) is 4.79 Å². The first kappa shape index (κ1) is 9.96. The summed E-state index contributed by atoms with van der Waals surface area (Å²) in [6.07, 6.45) is 4.32. The van der Waals surface area contributed by atoms with Crippen molar-refractivity contribution in [3.63, 3.8) is 0 Å². The zero-order chi connectivity index (χ0) is 9.84. The van der Waals surface area contributed by atoms with E-state index in [1.807, 2.05) is 25.9 Å². The average molecular weight is 180 g/mol. The fraction of sp³-hybridized carbons (Fsp3) is 0.600. The van der Waals surface area contributed by atoms with Crippen LogP contribution in [0.2, 0.25) is 0 Å². The van der Waals surface area contributed by atoms with Gasteiger partial charge in [-0.1, -0.05) is 0 Å². The van der Waals surface area contributed by atoms with Crippen LogP contribution in [0.15, 0.2) is 16.3 Å². The molecule has 1 aliphatic rings. The van der Waals surface area contributed by atoms with Gasteiger partial charge in [0.15, 0.2) is 5.78 Å². The van der Waals surface area contributed by atoms with Crippen LogP contribution < -0.4 is 0 Å². The molecule has 0 N–H and O–H groups in total. The molecule has 0 aromatic carbocycles. The molecule has 0 aromatic heterocycles. The molecule has 0 amide bonds. The zero-order valence-electron chi connectivity index (χ0n) is 8.50. The second kappa shape index (κ2) is 4.21. The van der Waals surface area contributed by atoms with Gasteiger partial charge in [0.25, 0.3) is 0 Å². The number of nitrogens with zero attached hydrogens (tertiary/aromatic N) is 2. The van der Waals surface area contributed by atoms with Gasteiger partial charge in [-0.2, -0.15) is 0 Å². The Bertz CT molecular complexity index is 264. The van der Waals surface area contributed by atoms with E-state index < -0.39 is 0 Å². The van der Waals surface area contributed by atoms with Gasteiger partial charge in [0, 0.05) is 20.5 Å². The van der Waals surface area contributed by atoms with Crippen molar-refractivity contribution in [1.82, 2.24) is 4.90 Å². The molecule has 0 bridgehead atoms. The minimum absolute atomic E-state index is 0.182. The topological polar surface area (TPSA) is 32.7 Å². The summed E-state index contributed by atoms with van der Waals surface area (Å²) in [6.45, 7) is 1.99. The molecule has 3 heteroatoms. The van der Waals surface area contributed by atoms with E-state index in [2.05, 4.69) is 4.99 Å². The van der Waals surface area contributed by atoms with E-state index in [-0.39, 0.29) is 5.78 Å². The second-order valence-corrected chi connectivity index (χ2v) is 3.61. The number of aliphatic imine (C=N–C) groups is 1. The Balaban J connectivity index is 2.80. The maximum absolute atomic E-state index is 11.4. The number of hydrogen-bond donors (Lipinski definition) is 0. The molecule has 0 fully saturated rings. The van der Waals surface area contributed by atoms with Crippen molar-refractivity contribution in [2.24, 2.45) is 4.99 Å². The Hall–Kier alpha value is -1.12. The van der Waals surface area contributed by atoms with Crippen LogP contribution >= 0.6 is 0 Å². The number of carbonyl (C=O) groups is 1. The first-order chi connectivity index (χ1) is 6.11. The molecule has 0 aromatic rings. The number of allylic oxidation sites excluding steroid dienone is 2. The molecule has 0 saturated heterocycles. The van der Waals surface area contributed by atoms with Gasteiger partial charge >= 0.3 is 0 Å². The van der Waals surface area contributed by atoms with Gasteiger partial charge in [-0.25, -0.2) is 4.99 Å². The van der Waals surface area contributed by atoms with E-state index in [0.29, 0.717) is 12.1 Å². The molecule has 0 spiro atoms. The fourth-order valence-corrected chi connectivity index (χ4v) is 1.34. The molecule has 0 aliphatic heterocycles. The van der Waals surface area contributed by atoms with E-state index in [1.165, 1.54) is 0 Å². The van der Waals surface area contributed by atoms with Crippen molar-refractivity contribution in [1.29, 1.82) is 0 Å². The first-order valence-electron chi connectivity index (χ1n) is 4.55. The lowest BCUT2D eigenvalue weighted by molar-refractivity contribution is -0.116. The number of rotatable bonds is 2. The van der Waals surface area contributed by atoms with Crippen molar-refractivity contribution in [2.75, 3.05) is 14.1 Å². The number of carbonyl (C=O) groups excluding carboxylic acids is 1. The van der Waals surface area contributed by atoms with Crippen LogP contribution in [0.3, 0.4) is 0 Å². The van der Waals surface area contributed by atoms with Crippen LogP contribution in [0, 0.1) is 0 Å². The smallest absolute Gasteiger partial charge is 0.181 e. The van der Waals surface area contributed by atoms with Crippen LogP contribution in [-0.2, 0) is 4.79 Å². The Morgan fingerprint density at radius 3 is 2.62 bits per heavy atom. The predicted molar refractivity (Wildman–Crippen MR) is 53.7 cm³/mol. The highest BCUT2D eigenvalue weighted by Gasteiger charge is 2.16. The fourth-order valence-electron chi connectivity index (χ4n) is 1.34. The van der Waals surface area contributed by atoms with Crippen molar-refractivity contribution < 1.29 is 4.79 Å². The third-order valence-corrected chi connectivity index (χ3v) is 2.04. The van der Waals surface area contributed by atoms with Gasteiger partial charge in [-0.05, 0) is 25.3 Å². The molecule has 3 nitrogen and oxygen atoms in total. The molecule has 1 rings (SSSR count). The monoisotopic (exact) mass is 180 g/mol. The Morgan fingerprint density at radius 1 is 1.38 bits per heavy atom. The van der Waals surface area contributed by atoms with Gasteiger partial charge in [-0.15, -0.1) is 0 Å². The SMILES string of the molecule is CC1=C(N=CN(C)C)C(=O)CCC1. The summed E-state index contributed by atoms with van der Waals surface area (Å²) in [5.41, 5.74) is 1.79. The highest BCUT2D eigenvalue weighted by molar-refractivity contribution is 5.97. The van der Waals surface area contributed by atoms with Crippen LogP contribution in [0.4, 0.5) is 0 Å². The second-order valence-electron chi connectivity index (χ2n) is 3.61. The predicted octanol–water partition coefficient (Wildman–Crippen LogP) is 1.60.